The Bertz CT molecular complexity index is 1780. The molecular formula is C35H26O4. The molecule has 0 heterocycles. The molecule has 0 fully saturated rings. The first kappa shape index (κ1) is 23.5. The highest BCUT2D eigenvalue weighted by molar-refractivity contribution is 6.01. The minimum Gasteiger partial charge on any atom is -0.507 e. The third kappa shape index (κ3) is 3.07. The predicted molar refractivity (Wildman–Crippen MR) is 154 cm³/mol. The molecule has 7 rings (SSSR count). The largest absolute Gasteiger partial charge is 0.507 e. The summed E-state index contributed by atoms with van der Waals surface area (Å²) in [6.07, 6.45) is 0. The van der Waals surface area contributed by atoms with Crippen molar-refractivity contribution in [2.45, 2.75) is 18.6 Å². The Morgan fingerprint density at radius 3 is 1.26 bits per heavy atom. The number of aromatic hydroxyl groups is 2. The second-order valence-corrected chi connectivity index (χ2v) is 10.1. The molecule has 0 spiro atoms. The summed E-state index contributed by atoms with van der Waals surface area (Å²) < 4.78 is 0. The Hall–Kier alpha value is -4.64. The molecule has 0 radical (unpaired) electrons. The van der Waals surface area contributed by atoms with Crippen molar-refractivity contribution in [3.8, 4) is 22.6 Å². The second kappa shape index (κ2) is 8.70. The highest BCUT2D eigenvalue weighted by atomic mass is 16.3. The van der Waals surface area contributed by atoms with Crippen LogP contribution in [-0.2, 0) is 18.6 Å². The van der Waals surface area contributed by atoms with E-state index in [-0.39, 0.29) is 24.7 Å². The Morgan fingerprint density at radius 2 is 0.821 bits per heavy atom. The Kier molecular flexibility index (Phi) is 5.24. The summed E-state index contributed by atoms with van der Waals surface area (Å²) in [5.41, 5.74) is 6.67. The fourth-order valence-electron chi connectivity index (χ4n) is 6.64. The van der Waals surface area contributed by atoms with Gasteiger partial charge in [0.25, 0.3) is 0 Å². The third-order valence-electron chi connectivity index (χ3n) is 8.33. The lowest BCUT2D eigenvalue weighted by Gasteiger charge is -2.36. The predicted octanol–water partition coefficient (Wildman–Crippen LogP) is 6.75. The van der Waals surface area contributed by atoms with E-state index in [4.69, 9.17) is 0 Å². The van der Waals surface area contributed by atoms with Gasteiger partial charge in [-0.2, -0.15) is 0 Å². The molecule has 6 aromatic rings. The van der Waals surface area contributed by atoms with E-state index in [1.54, 1.807) is 12.1 Å². The number of aliphatic hydroxyl groups excluding tert-OH is 2. The molecule has 0 amide bonds. The number of hydrogen-bond donors (Lipinski definition) is 4. The molecule has 0 saturated carbocycles. The zero-order chi connectivity index (χ0) is 26.7. The van der Waals surface area contributed by atoms with Crippen molar-refractivity contribution in [3.05, 3.63) is 143 Å². The first-order chi connectivity index (χ1) is 19.1. The van der Waals surface area contributed by atoms with E-state index in [0.29, 0.717) is 21.9 Å². The topological polar surface area (TPSA) is 80.9 Å². The summed E-state index contributed by atoms with van der Waals surface area (Å²) in [5, 5.41) is 45.0. The van der Waals surface area contributed by atoms with Gasteiger partial charge in [-0.15, -0.1) is 0 Å². The van der Waals surface area contributed by atoms with E-state index < -0.39 is 5.41 Å². The SMILES string of the molecule is OCc1ccc2c(C3(c4cccc5c(O)c(CO)ccc45)c4ccccc4-c4ccccc43)cccc2c1O. The fourth-order valence-corrected chi connectivity index (χ4v) is 6.64. The lowest BCUT2D eigenvalue weighted by atomic mass is 9.65. The average Bonchev–Trinajstić information content (AvgIpc) is 3.28. The summed E-state index contributed by atoms with van der Waals surface area (Å²) in [7, 11) is 0. The number of benzene rings is 6. The lowest BCUT2D eigenvalue weighted by Crippen LogP contribution is -2.29. The van der Waals surface area contributed by atoms with Crippen molar-refractivity contribution in [2.24, 2.45) is 0 Å². The van der Waals surface area contributed by atoms with Crippen LogP contribution in [0.4, 0.5) is 0 Å². The van der Waals surface area contributed by atoms with Crippen LogP contribution in [0.5, 0.6) is 11.5 Å². The van der Waals surface area contributed by atoms with Crippen molar-refractivity contribution < 1.29 is 20.4 Å². The van der Waals surface area contributed by atoms with Crippen molar-refractivity contribution in [3.63, 3.8) is 0 Å². The highest BCUT2D eigenvalue weighted by Gasteiger charge is 2.47. The number of phenols is 2. The van der Waals surface area contributed by atoms with Gasteiger partial charge in [-0.1, -0.05) is 109 Å². The maximum absolute atomic E-state index is 11.1. The fraction of sp³-hybridized carbons (Fsp3) is 0.0857. The average molecular weight is 511 g/mol. The van der Waals surface area contributed by atoms with Gasteiger partial charge in [0, 0.05) is 21.9 Å². The first-order valence-electron chi connectivity index (χ1n) is 13.0. The van der Waals surface area contributed by atoms with Crippen molar-refractivity contribution in [1.29, 1.82) is 0 Å². The minimum atomic E-state index is -0.771. The van der Waals surface area contributed by atoms with Gasteiger partial charge >= 0.3 is 0 Å². The van der Waals surface area contributed by atoms with Crippen LogP contribution in [0.1, 0.15) is 33.4 Å². The highest BCUT2D eigenvalue weighted by Crippen LogP contribution is 2.58. The van der Waals surface area contributed by atoms with Gasteiger partial charge in [-0.3, -0.25) is 0 Å². The summed E-state index contributed by atoms with van der Waals surface area (Å²) in [5.74, 6) is 0.157. The number of hydrogen-bond acceptors (Lipinski definition) is 4. The minimum absolute atomic E-state index is 0.0784. The maximum atomic E-state index is 11.1. The number of rotatable bonds is 4. The van der Waals surface area contributed by atoms with E-state index >= 15 is 0 Å². The van der Waals surface area contributed by atoms with E-state index in [2.05, 4.69) is 60.7 Å². The smallest absolute Gasteiger partial charge is 0.128 e. The van der Waals surface area contributed by atoms with Crippen molar-refractivity contribution in [2.75, 3.05) is 0 Å². The van der Waals surface area contributed by atoms with Crippen LogP contribution >= 0.6 is 0 Å². The van der Waals surface area contributed by atoms with Crippen LogP contribution in [0.3, 0.4) is 0 Å². The lowest BCUT2D eigenvalue weighted by molar-refractivity contribution is 0.275. The molecule has 4 heteroatoms. The second-order valence-electron chi connectivity index (χ2n) is 10.1. The normalized spacial score (nSPS) is 13.5. The molecule has 0 aromatic heterocycles. The molecule has 0 saturated heterocycles. The summed E-state index contributed by atoms with van der Waals surface area (Å²) in [6, 6.07) is 36.3. The summed E-state index contributed by atoms with van der Waals surface area (Å²) in [4.78, 5) is 0. The molecule has 1 aliphatic carbocycles. The molecule has 0 atom stereocenters. The van der Waals surface area contributed by atoms with E-state index in [0.717, 1.165) is 44.2 Å². The van der Waals surface area contributed by atoms with Crippen molar-refractivity contribution >= 4 is 21.5 Å². The Balaban J connectivity index is 1.71. The first-order valence-corrected chi connectivity index (χ1v) is 13.0. The van der Waals surface area contributed by atoms with E-state index in [1.165, 1.54) is 0 Å². The standard InChI is InChI=1S/C35H26O4/c36-19-21-15-17-25-27(33(21)38)9-5-13-31(25)35(29-11-3-1-7-23(29)24-8-2-4-12-30(24)35)32-14-6-10-28-26(32)18-16-22(20-37)34(28)39/h1-18,36-39H,19-20H2. The van der Waals surface area contributed by atoms with E-state index in [9.17, 15) is 20.4 Å². The van der Waals surface area contributed by atoms with Gasteiger partial charge in [-0.25, -0.2) is 0 Å². The molecule has 0 unspecified atom stereocenters. The maximum Gasteiger partial charge on any atom is 0.128 e. The number of aliphatic hydroxyl groups is 2. The van der Waals surface area contributed by atoms with Crippen LogP contribution < -0.4 is 0 Å². The molecule has 4 nitrogen and oxygen atoms in total. The third-order valence-corrected chi connectivity index (χ3v) is 8.33. The van der Waals surface area contributed by atoms with Gasteiger partial charge < -0.3 is 20.4 Å². The summed E-state index contributed by atoms with van der Waals surface area (Å²) >= 11 is 0. The van der Waals surface area contributed by atoms with Crippen LogP contribution in [0.2, 0.25) is 0 Å². The Morgan fingerprint density at radius 1 is 0.410 bits per heavy atom. The zero-order valence-electron chi connectivity index (χ0n) is 21.1. The van der Waals surface area contributed by atoms with Crippen LogP contribution in [0, 0.1) is 0 Å². The molecule has 4 N–H and O–H groups in total. The van der Waals surface area contributed by atoms with Gasteiger partial charge in [0.1, 0.15) is 11.5 Å². The monoisotopic (exact) mass is 510 g/mol. The molecule has 39 heavy (non-hydrogen) atoms. The van der Waals surface area contributed by atoms with Gasteiger partial charge in [-0.05, 0) is 44.2 Å². The van der Waals surface area contributed by atoms with Crippen LogP contribution in [0.15, 0.2) is 109 Å². The summed E-state index contributed by atoms with van der Waals surface area (Å²) in [6.45, 7) is -0.503. The molecular weight excluding hydrogens is 484 g/mol. The van der Waals surface area contributed by atoms with Gasteiger partial charge in [0.15, 0.2) is 0 Å². The number of fused-ring (bicyclic) bond motifs is 5. The van der Waals surface area contributed by atoms with Crippen molar-refractivity contribution in [1.82, 2.24) is 0 Å². The zero-order valence-corrected chi connectivity index (χ0v) is 21.1. The van der Waals surface area contributed by atoms with Gasteiger partial charge in [0.2, 0.25) is 0 Å². The molecule has 6 aromatic carbocycles. The molecule has 1 aliphatic rings. The van der Waals surface area contributed by atoms with Crippen LogP contribution in [-0.4, -0.2) is 20.4 Å². The van der Waals surface area contributed by atoms with Crippen LogP contribution in [0.25, 0.3) is 32.7 Å². The quantitative estimate of drug-likeness (QED) is 0.211. The molecule has 0 bridgehead atoms. The van der Waals surface area contributed by atoms with E-state index in [1.807, 2.05) is 36.4 Å². The molecule has 190 valence electrons. The molecule has 0 aliphatic heterocycles. The van der Waals surface area contributed by atoms with Gasteiger partial charge in [0.05, 0.1) is 18.6 Å². The Labute approximate surface area is 225 Å².